The van der Waals surface area contributed by atoms with Gasteiger partial charge >= 0.3 is 0 Å². The summed E-state index contributed by atoms with van der Waals surface area (Å²) in [6.45, 7) is 4.41. The molecule has 21 heavy (non-hydrogen) atoms. The van der Waals surface area contributed by atoms with E-state index in [9.17, 15) is 5.11 Å². The van der Waals surface area contributed by atoms with E-state index in [1.807, 2.05) is 13.0 Å². The molecule has 2 aromatic rings. The van der Waals surface area contributed by atoms with Crippen molar-refractivity contribution in [3.8, 4) is 0 Å². The van der Waals surface area contributed by atoms with E-state index in [-0.39, 0.29) is 6.61 Å². The third-order valence-electron chi connectivity index (χ3n) is 4.84. The van der Waals surface area contributed by atoms with Crippen LogP contribution in [0.5, 0.6) is 0 Å². The number of rotatable bonds is 4. The van der Waals surface area contributed by atoms with E-state index >= 15 is 0 Å². The molecule has 4 heteroatoms. The molecule has 0 bridgehead atoms. The SMILES string of the molecule is Cc1ccc2c(CCC3CCN(C)CC3)noc2c1CO. The van der Waals surface area contributed by atoms with Gasteiger partial charge in [0, 0.05) is 10.9 Å². The van der Waals surface area contributed by atoms with Crippen LogP contribution in [0.25, 0.3) is 11.0 Å². The number of aryl methyl sites for hydroxylation is 2. The van der Waals surface area contributed by atoms with E-state index in [1.165, 1.54) is 32.4 Å². The number of aromatic nitrogens is 1. The standard InChI is InChI=1S/C17H24N2O2/c1-12-3-5-14-16(18-21-17(14)15(12)11-20)6-4-13-7-9-19(2)10-8-13/h3,5,13,20H,4,6-11H2,1-2H3. The number of aliphatic hydroxyl groups excluding tert-OH is 1. The molecule has 0 saturated carbocycles. The minimum absolute atomic E-state index is 0.00671. The molecule has 1 N–H and O–H groups in total. The highest BCUT2D eigenvalue weighted by Crippen LogP contribution is 2.28. The third kappa shape index (κ3) is 2.97. The maximum Gasteiger partial charge on any atom is 0.172 e. The zero-order valence-corrected chi connectivity index (χ0v) is 12.9. The van der Waals surface area contributed by atoms with Crippen molar-refractivity contribution in [3.63, 3.8) is 0 Å². The number of hydrogen-bond donors (Lipinski definition) is 1. The summed E-state index contributed by atoms with van der Waals surface area (Å²) in [4.78, 5) is 2.40. The fourth-order valence-corrected chi connectivity index (χ4v) is 3.28. The second kappa shape index (κ2) is 6.16. The molecule has 4 nitrogen and oxygen atoms in total. The van der Waals surface area contributed by atoms with Crippen molar-refractivity contribution in [3.05, 3.63) is 29.0 Å². The quantitative estimate of drug-likeness (QED) is 0.940. The molecule has 1 aliphatic heterocycles. The molecule has 0 radical (unpaired) electrons. The zero-order chi connectivity index (χ0) is 14.8. The van der Waals surface area contributed by atoms with Crippen LogP contribution in [-0.2, 0) is 13.0 Å². The van der Waals surface area contributed by atoms with E-state index in [1.54, 1.807) is 0 Å². The summed E-state index contributed by atoms with van der Waals surface area (Å²) in [7, 11) is 2.19. The van der Waals surface area contributed by atoms with Gasteiger partial charge in [0.1, 0.15) is 0 Å². The van der Waals surface area contributed by atoms with Crippen LogP contribution in [0.2, 0.25) is 0 Å². The van der Waals surface area contributed by atoms with Crippen molar-refractivity contribution in [1.29, 1.82) is 0 Å². The lowest BCUT2D eigenvalue weighted by Crippen LogP contribution is -2.30. The molecule has 0 aliphatic carbocycles. The molecule has 1 fully saturated rings. The van der Waals surface area contributed by atoms with Crippen LogP contribution in [-0.4, -0.2) is 35.3 Å². The summed E-state index contributed by atoms with van der Waals surface area (Å²) in [5, 5.41) is 14.8. The minimum Gasteiger partial charge on any atom is -0.392 e. The van der Waals surface area contributed by atoms with Crippen LogP contribution < -0.4 is 0 Å². The maximum atomic E-state index is 9.49. The average molecular weight is 288 g/mol. The van der Waals surface area contributed by atoms with E-state index in [0.29, 0.717) is 0 Å². The second-order valence-corrected chi connectivity index (χ2v) is 6.31. The first-order valence-electron chi connectivity index (χ1n) is 7.85. The van der Waals surface area contributed by atoms with Gasteiger partial charge in [0.05, 0.1) is 12.3 Å². The van der Waals surface area contributed by atoms with Crippen LogP contribution in [0.15, 0.2) is 16.7 Å². The van der Waals surface area contributed by atoms with E-state index in [0.717, 1.165) is 40.1 Å². The number of likely N-dealkylation sites (tertiary alicyclic amines) is 1. The number of nitrogens with zero attached hydrogens (tertiary/aromatic N) is 2. The van der Waals surface area contributed by atoms with Crippen molar-refractivity contribution in [1.82, 2.24) is 10.1 Å². The summed E-state index contributed by atoms with van der Waals surface area (Å²) in [6.07, 6.45) is 4.72. The molecule has 1 aliphatic rings. The van der Waals surface area contributed by atoms with Gasteiger partial charge in [-0.05, 0) is 70.3 Å². The van der Waals surface area contributed by atoms with Crippen molar-refractivity contribution in [2.24, 2.45) is 5.92 Å². The van der Waals surface area contributed by atoms with Gasteiger partial charge in [0.2, 0.25) is 0 Å². The molecule has 1 saturated heterocycles. The lowest BCUT2D eigenvalue weighted by Gasteiger charge is -2.28. The molecule has 1 aromatic heterocycles. The number of hydrogen-bond acceptors (Lipinski definition) is 4. The highest BCUT2D eigenvalue weighted by atomic mass is 16.5. The predicted molar refractivity (Wildman–Crippen MR) is 83.2 cm³/mol. The molecule has 0 amide bonds. The van der Waals surface area contributed by atoms with Gasteiger partial charge in [-0.3, -0.25) is 0 Å². The van der Waals surface area contributed by atoms with Crippen molar-refractivity contribution in [2.75, 3.05) is 20.1 Å². The van der Waals surface area contributed by atoms with E-state index in [4.69, 9.17) is 4.52 Å². The molecule has 2 heterocycles. The number of fused-ring (bicyclic) bond motifs is 1. The summed E-state index contributed by atoms with van der Waals surface area (Å²) in [6, 6.07) is 4.12. The van der Waals surface area contributed by atoms with Gasteiger partial charge in [0.25, 0.3) is 0 Å². The topological polar surface area (TPSA) is 49.5 Å². The normalized spacial score (nSPS) is 17.7. The first-order valence-corrected chi connectivity index (χ1v) is 7.85. The zero-order valence-electron chi connectivity index (χ0n) is 12.9. The first-order chi connectivity index (χ1) is 10.2. The Balaban J connectivity index is 1.73. The van der Waals surface area contributed by atoms with Crippen molar-refractivity contribution < 1.29 is 9.63 Å². The van der Waals surface area contributed by atoms with Gasteiger partial charge in [0.15, 0.2) is 5.58 Å². The molecule has 0 spiro atoms. The molecule has 0 atom stereocenters. The summed E-state index contributed by atoms with van der Waals surface area (Å²) in [5.74, 6) is 0.802. The average Bonchev–Trinajstić information content (AvgIpc) is 2.90. The molecule has 1 aromatic carbocycles. The molecule has 0 unspecified atom stereocenters. The first kappa shape index (κ1) is 14.5. The van der Waals surface area contributed by atoms with Gasteiger partial charge in [-0.1, -0.05) is 11.2 Å². The fourth-order valence-electron chi connectivity index (χ4n) is 3.28. The highest BCUT2D eigenvalue weighted by molar-refractivity contribution is 5.83. The fraction of sp³-hybridized carbons (Fsp3) is 0.588. The smallest absolute Gasteiger partial charge is 0.172 e. The highest BCUT2D eigenvalue weighted by Gasteiger charge is 2.19. The monoisotopic (exact) mass is 288 g/mol. The molecular formula is C17H24N2O2. The summed E-state index contributed by atoms with van der Waals surface area (Å²) in [5.41, 5.74) is 3.73. The van der Waals surface area contributed by atoms with Crippen LogP contribution in [0.4, 0.5) is 0 Å². The number of piperidine rings is 1. The summed E-state index contributed by atoms with van der Waals surface area (Å²) >= 11 is 0. The Kier molecular flexibility index (Phi) is 4.27. The van der Waals surface area contributed by atoms with Crippen LogP contribution >= 0.6 is 0 Å². The molecule has 3 rings (SSSR count). The van der Waals surface area contributed by atoms with Crippen LogP contribution in [0.1, 0.15) is 36.1 Å². The lowest BCUT2D eigenvalue weighted by molar-refractivity contribution is 0.212. The largest absolute Gasteiger partial charge is 0.392 e. The Morgan fingerprint density at radius 2 is 2.10 bits per heavy atom. The van der Waals surface area contributed by atoms with Crippen LogP contribution in [0.3, 0.4) is 0 Å². The number of aliphatic hydroxyl groups is 1. The molecular weight excluding hydrogens is 264 g/mol. The van der Waals surface area contributed by atoms with Gasteiger partial charge in [-0.15, -0.1) is 0 Å². The van der Waals surface area contributed by atoms with E-state index in [2.05, 4.69) is 23.2 Å². The Labute approximate surface area is 125 Å². The van der Waals surface area contributed by atoms with Gasteiger partial charge < -0.3 is 14.5 Å². The molecule has 114 valence electrons. The lowest BCUT2D eigenvalue weighted by atomic mass is 9.91. The minimum atomic E-state index is 0.00671. The Morgan fingerprint density at radius 3 is 2.81 bits per heavy atom. The Bertz CT molecular complexity index is 613. The number of benzene rings is 1. The van der Waals surface area contributed by atoms with E-state index < -0.39 is 0 Å². The Hall–Kier alpha value is -1.39. The van der Waals surface area contributed by atoms with Crippen LogP contribution in [0, 0.1) is 12.8 Å². The van der Waals surface area contributed by atoms with Crippen molar-refractivity contribution in [2.45, 2.75) is 39.2 Å². The van der Waals surface area contributed by atoms with Gasteiger partial charge in [-0.25, -0.2) is 0 Å². The Morgan fingerprint density at radius 1 is 1.33 bits per heavy atom. The van der Waals surface area contributed by atoms with Gasteiger partial charge in [-0.2, -0.15) is 0 Å². The predicted octanol–water partition coefficient (Wildman–Crippen LogP) is 2.90. The maximum absolute atomic E-state index is 9.49. The second-order valence-electron chi connectivity index (χ2n) is 6.31. The summed E-state index contributed by atoms with van der Waals surface area (Å²) < 4.78 is 5.49. The van der Waals surface area contributed by atoms with Crippen molar-refractivity contribution >= 4 is 11.0 Å². The third-order valence-corrected chi connectivity index (χ3v) is 4.84.